The molecular weight excluding hydrogens is 555 g/mol. The van der Waals surface area contributed by atoms with Crippen LogP contribution in [0.15, 0.2) is 59.8 Å². The Hall–Kier alpha value is -3.82. The van der Waals surface area contributed by atoms with E-state index in [4.69, 9.17) is 0 Å². The van der Waals surface area contributed by atoms with Crippen LogP contribution in [0.5, 0.6) is 0 Å². The van der Waals surface area contributed by atoms with Gasteiger partial charge in [0.1, 0.15) is 5.82 Å². The number of H-pyrrole nitrogens is 1. The molecule has 3 N–H and O–H groups in total. The van der Waals surface area contributed by atoms with Gasteiger partial charge in [0.2, 0.25) is 0 Å². The largest absolute Gasteiger partial charge is 0.396 e. The number of aliphatic hydroxyl groups excluding tert-OH is 1. The Bertz CT molecular complexity index is 1700. The van der Waals surface area contributed by atoms with Gasteiger partial charge in [0.05, 0.1) is 23.1 Å². The number of benzene rings is 1. The summed E-state index contributed by atoms with van der Waals surface area (Å²) in [6.45, 7) is 6.62. The maximum Gasteiger partial charge on any atom is 0.193 e. The van der Waals surface area contributed by atoms with E-state index in [2.05, 4.69) is 49.4 Å². The highest BCUT2D eigenvalue weighted by atomic mass is 19.1. The lowest BCUT2D eigenvalue weighted by Crippen LogP contribution is -2.48. The number of nitrogens with zero attached hydrogens (tertiary/aromatic N) is 4. The highest BCUT2D eigenvalue weighted by Gasteiger charge is 2.41. The standard InChI is InChI=1S/C35H41FN6O2/c1-21-3-7-28(16-38-21)42-19-26(6-8-32(42)24-4-5-24)34(25-9-10-37-22(2)11-25)40-15-27-14-39-31-13-33(41-17-23(18-41)20-43)30(36)12-29(31)35(27)44/h3,7,9-14,16,23-24,26,32,34,40,43H,4-6,8,15,17-20H2,1-2H3,(H,39,44)/t26-,32?,34?/m0/s1. The van der Waals surface area contributed by atoms with E-state index in [9.17, 15) is 9.90 Å². The number of aryl methyl sites for hydroxylation is 2. The number of rotatable bonds is 9. The summed E-state index contributed by atoms with van der Waals surface area (Å²) < 4.78 is 15.2. The van der Waals surface area contributed by atoms with Crippen molar-refractivity contribution in [3.8, 4) is 0 Å². The molecule has 0 bridgehead atoms. The minimum atomic E-state index is -0.409. The lowest BCUT2D eigenvalue weighted by Gasteiger charge is -2.44. The third-order valence-electron chi connectivity index (χ3n) is 9.90. The van der Waals surface area contributed by atoms with Crippen LogP contribution in [0, 0.1) is 37.4 Å². The van der Waals surface area contributed by atoms with Gasteiger partial charge in [-0.3, -0.25) is 14.8 Å². The van der Waals surface area contributed by atoms with E-state index in [1.54, 1.807) is 12.3 Å². The first-order valence-electron chi connectivity index (χ1n) is 15.9. The van der Waals surface area contributed by atoms with Crippen molar-refractivity contribution in [2.24, 2.45) is 17.8 Å². The number of anilines is 2. The molecule has 3 aromatic heterocycles. The molecule has 3 atom stereocenters. The number of aromatic amines is 1. The van der Waals surface area contributed by atoms with Gasteiger partial charge in [0.25, 0.3) is 0 Å². The zero-order valence-electron chi connectivity index (χ0n) is 25.5. The first-order chi connectivity index (χ1) is 21.4. The molecule has 1 saturated carbocycles. The molecule has 0 amide bonds. The van der Waals surface area contributed by atoms with E-state index in [0.29, 0.717) is 53.7 Å². The van der Waals surface area contributed by atoms with Gasteiger partial charge in [0.15, 0.2) is 5.43 Å². The fraction of sp³-hybridized carbons (Fsp3) is 0.457. The fourth-order valence-corrected chi connectivity index (χ4v) is 7.26. The summed E-state index contributed by atoms with van der Waals surface area (Å²) in [5.74, 6) is 0.819. The molecule has 5 heterocycles. The molecule has 230 valence electrons. The first-order valence-corrected chi connectivity index (χ1v) is 15.9. The lowest BCUT2D eigenvalue weighted by atomic mass is 9.82. The third-order valence-corrected chi connectivity index (χ3v) is 9.90. The van der Waals surface area contributed by atoms with E-state index in [-0.39, 0.29) is 24.0 Å². The number of nitrogens with one attached hydrogen (secondary N) is 2. The summed E-state index contributed by atoms with van der Waals surface area (Å²) in [7, 11) is 0. The van der Waals surface area contributed by atoms with Gasteiger partial charge in [-0.1, -0.05) is 0 Å². The third kappa shape index (κ3) is 5.71. The molecule has 2 saturated heterocycles. The zero-order chi connectivity index (χ0) is 30.4. The SMILES string of the molecule is Cc1ccc(N2C[C@@H](C(NCc3c[nH]c4cc(N5CC(CO)C5)c(F)cc4c3=O)c3ccnc(C)c3)CCC2C2CC2)cn1. The van der Waals surface area contributed by atoms with Crippen molar-refractivity contribution in [2.75, 3.05) is 36.0 Å². The van der Waals surface area contributed by atoms with Gasteiger partial charge < -0.3 is 25.2 Å². The van der Waals surface area contributed by atoms with E-state index in [0.717, 1.165) is 42.3 Å². The van der Waals surface area contributed by atoms with Gasteiger partial charge in [-0.05, 0) is 93.3 Å². The number of hydrogen-bond acceptors (Lipinski definition) is 7. The van der Waals surface area contributed by atoms with Crippen molar-refractivity contribution in [3.05, 3.63) is 93.5 Å². The molecule has 9 heteroatoms. The van der Waals surface area contributed by atoms with Crippen LogP contribution in [0.1, 0.15) is 54.2 Å². The van der Waals surface area contributed by atoms with Crippen LogP contribution < -0.4 is 20.5 Å². The number of piperidine rings is 1. The van der Waals surface area contributed by atoms with E-state index in [1.165, 1.54) is 24.6 Å². The van der Waals surface area contributed by atoms with Gasteiger partial charge >= 0.3 is 0 Å². The number of fused-ring (bicyclic) bond motifs is 1. The second-order valence-electron chi connectivity index (χ2n) is 13.1. The van der Waals surface area contributed by atoms with Crippen LogP contribution >= 0.6 is 0 Å². The Morgan fingerprint density at radius 2 is 1.89 bits per heavy atom. The van der Waals surface area contributed by atoms with Crippen molar-refractivity contribution in [2.45, 2.75) is 58.2 Å². The summed E-state index contributed by atoms with van der Waals surface area (Å²) in [5.41, 5.74) is 5.82. The topological polar surface area (TPSA) is 97.4 Å². The second kappa shape index (κ2) is 11.9. The van der Waals surface area contributed by atoms with Crippen LogP contribution in [0.3, 0.4) is 0 Å². The van der Waals surface area contributed by atoms with E-state index < -0.39 is 5.82 Å². The Morgan fingerprint density at radius 3 is 2.61 bits per heavy atom. The van der Waals surface area contributed by atoms with E-state index >= 15 is 4.39 Å². The Morgan fingerprint density at radius 1 is 1.05 bits per heavy atom. The number of aromatic nitrogens is 3. The fourth-order valence-electron chi connectivity index (χ4n) is 7.26. The predicted molar refractivity (Wildman–Crippen MR) is 171 cm³/mol. The molecule has 2 unspecified atom stereocenters. The molecule has 2 aliphatic heterocycles. The quantitative estimate of drug-likeness (QED) is 0.249. The van der Waals surface area contributed by atoms with Crippen LogP contribution in [-0.4, -0.2) is 52.3 Å². The normalized spacial score (nSPS) is 21.5. The molecule has 3 aliphatic rings. The molecule has 7 rings (SSSR count). The number of halogens is 1. The van der Waals surface area contributed by atoms with Crippen molar-refractivity contribution in [1.82, 2.24) is 20.3 Å². The summed E-state index contributed by atoms with van der Waals surface area (Å²) in [6.07, 6.45) is 10.4. The zero-order valence-corrected chi connectivity index (χ0v) is 25.5. The highest BCUT2D eigenvalue weighted by molar-refractivity contribution is 5.83. The Labute approximate surface area is 257 Å². The molecule has 8 nitrogen and oxygen atoms in total. The summed E-state index contributed by atoms with van der Waals surface area (Å²) >= 11 is 0. The van der Waals surface area contributed by atoms with E-state index in [1.807, 2.05) is 31.1 Å². The minimum absolute atomic E-state index is 0.0119. The smallest absolute Gasteiger partial charge is 0.193 e. The van der Waals surface area contributed by atoms with Crippen molar-refractivity contribution >= 4 is 22.3 Å². The number of pyridine rings is 3. The summed E-state index contributed by atoms with van der Waals surface area (Å²) in [5, 5.41) is 13.5. The van der Waals surface area contributed by atoms with Gasteiger partial charge in [-0.2, -0.15) is 0 Å². The van der Waals surface area contributed by atoms with Gasteiger partial charge in [0, 0.05) is 85.5 Å². The molecule has 0 spiro atoms. The molecule has 1 aromatic carbocycles. The van der Waals surface area contributed by atoms with Crippen LogP contribution in [0.25, 0.3) is 10.9 Å². The molecular formula is C35H41FN6O2. The van der Waals surface area contributed by atoms with Crippen molar-refractivity contribution in [3.63, 3.8) is 0 Å². The maximum absolute atomic E-state index is 15.2. The average Bonchev–Trinajstić information content (AvgIpc) is 3.85. The minimum Gasteiger partial charge on any atom is -0.396 e. The maximum atomic E-state index is 15.2. The predicted octanol–water partition coefficient (Wildman–Crippen LogP) is 5.03. The van der Waals surface area contributed by atoms with Gasteiger partial charge in [-0.25, -0.2) is 4.39 Å². The molecule has 44 heavy (non-hydrogen) atoms. The van der Waals surface area contributed by atoms with Crippen LogP contribution in [0.2, 0.25) is 0 Å². The average molecular weight is 597 g/mol. The number of aliphatic hydroxyl groups is 1. The summed E-state index contributed by atoms with van der Waals surface area (Å²) in [6, 6.07) is 12.1. The summed E-state index contributed by atoms with van der Waals surface area (Å²) in [4.78, 5) is 30.4. The van der Waals surface area contributed by atoms with Crippen LogP contribution in [0.4, 0.5) is 15.8 Å². The Balaban J connectivity index is 1.15. The van der Waals surface area contributed by atoms with Crippen molar-refractivity contribution < 1.29 is 9.50 Å². The molecule has 0 radical (unpaired) electrons. The molecule has 1 aliphatic carbocycles. The lowest BCUT2D eigenvalue weighted by molar-refractivity contribution is 0.200. The van der Waals surface area contributed by atoms with Crippen molar-refractivity contribution in [1.29, 1.82) is 0 Å². The highest BCUT2D eigenvalue weighted by Crippen LogP contribution is 2.44. The van der Waals surface area contributed by atoms with Gasteiger partial charge in [-0.15, -0.1) is 0 Å². The molecule has 3 fully saturated rings. The first kappa shape index (κ1) is 28.9. The Kier molecular flexibility index (Phi) is 7.84. The van der Waals surface area contributed by atoms with Crippen LogP contribution in [-0.2, 0) is 6.54 Å². The molecule has 4 aromatic rings. The second-order valence-corrected chi connectivity index (χ2v) is 13.1. The monoisotopic (exact) mass is 596 g/mol. The number of hydrogen-bond donors (Lipinski definition) is 3.